The molecule has 0 spiro atoms. The summed E-state index contributed by atoms with van der Waals surface area (Å²) < 4.78 is 40.1. The summed E-state index contributed by atoms with van der Waals surface area (Å²) in [5.41, 5.74) is 0.901. The highest BCUT2D eigenvalue weighted by Gasteiger charge is 2.30. The van der Waals surface area contributed by atoms with Crippen LogP contribution in [0.15, 0.2) is 53.7 Å². The number of hydrogen-bond donors (Lipinski definition) is 0. The summed E-state index contributed by atoms with van der Waals surface area (Å²) in [4.78, 5) is 6.27. The maximum absolute atomic E-state index is 13.4. The van der Waals surface area contributed by atoms with Gasteiger partial charge in [0.15, 0.2) is 0 Å². The summed E-state index contributed by atoms with van der Waals surface area (Å²) in [5.74, 6) is -0.253. The van der Waals surface area contributed by atoms with Crippen molar-refractivity contribution in [2.24, 2.45) is 0 Å². The van der Waals surface area contributed by atoms with Crippen LogP contribution in [0, 0.1) is 5.82 Å². The lowest BCUT2D eigenvalue weighted by atomic mass is 10.1. The normalized spacial score (nSPS) is 18.4. The number of benzene rings is 1. The number of halogens is 1. The average Bonchev–Trinajstić information content (AvgIpc) is 2.62. The SMILES string of the molecule is CC(c1cccc(F)c1)N1CCN(S(=O)(=O)c2cccnc2)CC1. The first-order chi connectivity index (χ1) is 11.5. The molecule has 1 aromatic heterocycles. The van der Waals surface area contributed by atoms with Crippen molar-refractivity contribution >= 4 is 10.0 Å². The third-order valence-corrected chi connectivity index (χ3v) is 6.31. The van der Waals surface area contributed by atoms with Crippen molar-refractivity contribution in [3.05, 3.63) is 60.2 Å². The molecule has 1 atom stereocenters. The highest BCUT2D eigenvalue weighted by Crippen LogP contribution is 2.24. The zero-order chi connectivity index (χ0) is 17.2. The van der Waals surface area contributed by atoms with Crippen LogP contribution in [0.25, 0.3) is 0 Å². The zero-order valence-electron chi connectivity index (χ0n) is 13.5. The van der Waals surface area contributed by atoms with Crippen LogP contribution in [-0.4, -0.2) is 48.8 Å². The van der Waals surface area contributed by atoms with Gasteiger partial charge in [0.1, 0.15) is 10.7 Å². The van der Waals surface area contributed by atoms with Gasteiger partial charge in [-0.25, -0.2) is 12.8 Å². The van der Waals surface area contributed by atoms with E-state index in [9.17, 15) is 12.8 Å². The van der Waals surface area contributed by atoms with Gasteiger partial charge in [0.2, 0.25) is 10.0 Å². The number of rotatable bonds is 4. The monoisotopic (exact) mass is 349 g/mol. The summed E-state index contributed by atoms with van der Waals surface area (Å²) in [5, 5.41) is 0. The Kier molecular flexibility index (Phi) is 4.93. The van der Waals surface area contributed by atoms with Crippen molar-refractivity contribution in [2.45, 2.75) is 17.9 Å². The average molecular weight is 349 g/mol. The van der Waals surface area contributed by atoms with Gasteiger partial charge in [-0.1, -0.05) is 12.1 Å². The number of nitrogens with zero attached hydrogens (tertiary/aromatic N) is 3. The van der Waals surface area contributed by atoms with Gasteiger partial charge < -0.3 is 0 Å². The molecule has 1 aromatic carbocycles. The standard InChI is InChI=1S/C17H20FN3O2S/c1-14(15-4-2-5-16(18)12-15)20-8-10-21(11-9-20)24(22,23)17-6-3-7-19-13-17/h2-7,12-14H,8-11H2,1H3. The lowest BCUT2D eigenvalue weighted by molar-refractivity contribution is 0.145. The number of piperazine rings is 1. The molecule has 2 aromatic rings. The molecule has 24 heavy (non-hydrogen) atoms. The molecule has 1 aliphatic heterocycles. The van der Waals surface area contributed by atoms with Crippen LogP contribution in [0.1, 0.15) is 18.5 Å². The molecule has 0 saturated carbocycles. The minimum Gasteiger partial charge on any atom is -0.294 e. The first-order valence-electron chi connectivity index (χ1n) is 7.88. The van der Waals surface area contributed by atoms with Gasteiger partial charge in [0, 0.05) is 44.6 Å². The Hall–Kier alpha value is -1.83. The van der Waals surface area contributed by atoms with E-state index >= 15 is 0 Å². The summed E-state index contributed by atoms with van der Waals surface area (Å²) in [6.07, 6.45) is 2.93. The smallest absolute Gasteiger partial charge is 0.244 e. The van der Waals surface area contributed by atoms with Crippen LogP contribution in [0.2, 0.25) is 0 Å². The van der Waals surface area contributed by atoms with Crippen molar-refractivity contribution in [1.29, 1.82) is 0 Å². The quantitative estimate of drug-likeness (QED) is 0.850. The molecule has 7 heteroatoms. The molecule has 1 unspecified atom stereocenters. The van der Waals surface area contributed by atoms with E-state index in [1.807, 2.05) is 13.0 Å². The molecule has 5 nitrogen and oxygen atoms in total. The fourth-order valence-corrected chi connectivity index (χ4v) is 4.34. The number of aromatic nitrogens is 1. The van der Waals surface area contributed by atoms with Gasteiger partial charge in [-0.3, -0.25) is 9.88 Å². The fourth-order valence-electron chi connectivity index (χ4n) is 2.96. The van der Waals surface area contributed by atoms with E-state index in [1.54, 1.807) is 24.4 Å². The van der Waals surface area contributed by atoms with E-state index in [1.165, 1.54) is 22.6 Å². The summed E-state index contributed by atoms with van der Waals surface area (Å²) in [7, 11) is -3.50. The second kappa shape index (κ2) is 6.96. The van der Waals surface area contributed by atoms with E-state index in [0.29, 0.717) is 26.2 Å². The van der Waals surface area contributed by atoms with Crippen LogP contribution in [0.5, 0.6) is 0 Å². The zero-order valence-corrected chi connectivity index (χ0v) is 14.3. The maximum atomic E-state index is 13.4. The Morgan fingerprint density at radius 3 is 2.50 bits per heavy atom. The molecule has 1 saturated heterocycles. The number of pyridine rings is 1. The van der Waals surface area contributed by atoms with E-state index < -0.39 is 10.0 Å². The molecule has 0 amide bonds. The predicted octanol–water partition coefficient (Wildman–Crippen LogP) is 2.29. The molecular weight excluding hydrogens is 329 g/mol. The molecule has 2 heterocycles. The number of sulfonamides is 1. The lowest BCUT2D eigenvalue weighted by Gasteiger charge is -2.37. The Labute approximate surface area is 141 Å². The molecule has 0 N–H and O–H groups in total. The molecule has 1 aliphatic rings. The van der Waals surface area contributed by atoms with E-state index in [4.69, 9.17) is 0 Å². The van der Waals surface area contributed by atoms with Crippen molar-refractivity contribution < 1.29 is 12.8 Å². The van der Waals surface area contributed by atoms with Crippen molar-refractivity contribution in [3.8, 4) is 0 Å². The molecular formula is C17H20FN3O2S. The number of hydrogen-bond acceptors (Lipinski definition) is 4. The van der Waals surface area contributed by atoms with Crippen LogP contribution in [-0.2, 0) is 10.0 Å². The van der Waals surface area contributed by atoms with E-state index in [0.717, 1.165) is 5.56 Å². The van der Waals surface area contributed by atoms with Crippen molar-refractivity contribution in [2.75, 3.05) is 26.2 Å². The van der Waals surface area contributed by atoms with Crippen LogP contribution >= 0.6 is 0 Å². The first kappa shape index (κ1) is 17.0. The van der Waals surface area contributed by atoms with Crippen LogP contribution < -0.4 is 0 Å². The minimum absolute atomic E-state index is 0.0453. The van der Waals surface area contributed by atoms with Gasteiger partial charge in [-0.2, -0.15) is 4.31 Å². The van der Waals surface area contributed by atoms with Crippen LogP contribution in [0.4, 0.5) is 4.39 Å². The summed E-state index contributed by atoms with van der Waals surface area (Å²) >= 11 is 0. The summed E-state index contributed by atoms with van der Waals surface area (Å²) in [6, 6.07) is 9.78. The molecule has 0 radical (unpaired) electrons. The third kappa shape index (κ3) is 3.48. The summed E-state index contributed by atoms with van der Waals surface area (Å²) in [6.45, 7) is 4.06. The predicted molar refractivity (Wildman–Crippen MR) is 89.4 cm³/mol. The molecule has 1 fully saturated rings. The molecule has 0 bridgehead atoms. The van der Waals surface area contributed by atoms with Gasteiger partial charge >= 0.3 is 0 Å². The molecule has 3 rings (SSSR count). The largest absolute Gasteiger partial charge is 0.294 e. The Morgan fingerprint density at radius 2 is 1.88 bits per heavy atom. The van der Waals surface area contributed by atoms with Gasteiger partial charge in [-0.15, -0.1) is 0 Å². The maximum Gasteiger partial charge on any atom is 0.244 e. The van der Waals surface area contributed by atoms with Crippen molar-refractivity contribution in [3.63, 3.8) is 0 Å². The molecule has 128 valence electrons. The Balaban J connectivity index is 1.68. The highest BCUT2D eigenvalue weighted by atomic mass is 32.2. The first-order valence-corrected chi connectivity index (χ1v) is 9.32. The Morgan fingerprint density at radius 1 is 1.12 bits per heavy atom. The minimum atomic E-state index is -3.50. The topological polar surface area (TPSA) is 53.5 Å². The molecule has 0 aliphatic carbocycles. The highest BCUT2D eigenvalue weighted by molar-refractivity contribution is 7.89. The van der Waals surface area contributed by atoms with Crippen molar-refractivity contribution in [1.82, 2.24) is 14.2 Å². The van der Waals surface area contributed by atoms with E-state index in [2.05, 4.69) is 9.88 Å². The third-order valence-electron chi connectivity index (χ3n) is 4.42. The fraction of sp³-hybridized carbons (Fsp3) is 0.353. The van der Waals surface area contributed by atoms with Gasteiger partial charge in [0.05, 0.1) is 0 Å². The second-order valence-electron chi connectivity index (χ2n) is 5.86. The lowest BCUT2D eigenvalue weighted by Crippen LogP contribution is -2.49. The second-order valence-corrected chi connectivity index (χ2v) is 7.80. The van der Waals surface area contributed by atoms with Gasteiger partial charge in [-0.05, 0) is 36.8 Å². The van der Waals surface area contributed by atoms with E-state index in [-0.39, 0.29) is 16.8 Å². The van der Waals surface area contributed by atoms with Crippen LogP contribution in [0.3, 0.4) is 0 Å². The Bertz CT molecular complexity index is 790. The van der Waals surface area contributed by atoms with Gasteiger partial charge in [0.25, 0.3) is 0 Å².